The van der Waals surface area contributed by atoms with Gasteiger partial charge < -0.3 is 0 Å². The molecule has 0 fully saturated rings. The van der Waals surface area contributed by atoms with Gasteiger partial charge >= 0.3 is 0 Å². The minimum atomic E-state index is -0.296. The highest BCUT2D eigenvalue weighted by Gasteiger charge is 2.02. The Hall–Kier alpha value is -2.34. The maximum atomic E-state index is 13.7. The quantitative estimate of drug-likeness (QED) is 0.701. The lowest BCUT2D eigenvalue weighted by atomic mass is 10.1. The molecule has 3 heteroatoms. The van der Waals surface area contributed by atoms with Crippen LogP contribution in [0.25, 0.3) is 5.57 Å². The molecular weight excluding hydrogens is 227 g/mol. The van der Waals surface area contributed by atoms with Crippen LogP contribution in [-0.2, 0) is 7.05 Å². The van der Waals surface area contributed by atoms with E-state index in [0.717, 1.165) is 0 Å². The molecule has 0 unspecified atom stereocenters. The molecule has 1 aromatic heterocycles. The number of rotatable bonds is 1. The third-order valence-corrected chi connectivity index (χ3v) is 2.48. The molecule has 90 valence electrons. The van der Waals surface area contributed by atoms with Gasteiger partial charge in [0, 0.05) is 24.4 Å². The Balaban J connectivity index is 2.28. The molecule has 18 heavy (non-hydrogen) atoms. The van der Waals surface area contributed by atoms with Crippen molar-refractivity contribution in [3.8, 4) is 11.8 Å². The lowest BCUT2D eigenvalue weighted by Crippen LogP contribution is -1.88. The van der Waals surface area contributed by atoms with E-state index in [0.29, 0.717) is 22.4 Å². The SMILES string of the molecule is C=C(C)c1ccc(C#Cc2ccn(C)n2)cc1F. The summed E-state index contributed by atoms with van der Waals surface area (Å²) >= 11 is 0. The molecule has 0 spiro atoms. The standard InChI is InChI=1S/C15H13FN2/c1-11(2)14-7-5-12(10-15(14)16)4-6-13-8-9-18(3)17-13/h5,7-10H,1H2,2-3H3. The van der Waals surface area contributed by atoms with Crippen molar-refractivity contribution < 1.29 is 4.39 Å². The van der Waals surface area contributed by atoms with E-state index in [1.54, 1.807) is 23.7 Å². The Bertz CT molecular complexity index is 657. The maximum absolute atomic E-state index is 13.7. The summed E-state index contributed by atoms with van der Waals surface area (Å²) < 4.78 is 15.4. The van der Waals surface area contributed by atoms with E-state index in [1.165, 1.54) is 6.07 Å². The van der Waals surface area contributed by atoms with Crippen LogP contribution in [0.15, 0.2) is 37.0 Å². The zero-order valence-electron chi connectivity index (χ0n) is 10.4. The van der Waals surface area contributed by atoms with Gasteiger partial charge in [0.2, 0.25) is 0 Å². The molecular formula is C15H13FN2. The van der Waals surface area contributed by atoms with Gasteiger partial charge in [-0.25, -0.2) is 4.39 Å². The fourth-order valence-corrected chi connectivity index (χ4v) is 1.56. The number of hydrogen-bond donors (Lipinski definition) is 0. The van der Waals surface area contributed by atoms with Crippen molar-refractivity contribution in [2.45, 2.75) is 6.92 Å². The first kappa shape index (κ1) is 12.1. The number of aryl methyl sites for hydroxylation is 1. The number of hydrogen-bond acceptors (Lipinski definition) is 1. The van der Waals surface area contributed by atoms with Gasteiger partial charge in [-0.05, 0) is 36.6 Å². The zero-order valence-corrected chi connectivity index (χ0v) is 10.4. The number of benzene rings is 1. The first-order valence-electron chi connectivity index (χ1n) is 5.53. The number of nitrogens with zero attached hydrogens (tertiary/aromatic N) is 2. The van der Waals surface area contributed by atoms with Crippen molar-refractivity contribution in [1.29, 1.82) is 0 Å². The Morgan fingerprint density at radius 3 is 2.67 bits per heavy atom. The van der Waals surface area contributed by atoms with E-state index in [4.69, 9.17) is 0 Å². The highest BCUT2D eigenvalue weighted by atomic mass is 19.1. The maximum Gasteiger partial charge on any atom is 0.135 e. The van der Waals surface area contributed by atoms with Crippen molar-refractivity contribution in [3.05, 3.63) is 59.7 Å². The van der Waals surface area contributed by atoms with Crippen LogP contribution in [0.4, 0.5) is 4.39 Å². The second-order valence-corrected chi connectivity index (χ2v) is 4.10. The number of allylic oxidation sites excluding steroid dienone is 1. The summed E-state index contributed by atoms with van der Waals surface area (Å²) in [7, 11) is 1.83. The minimum absolute atomic E-state index is 0.296. The van der Waals surface area contributed by atoms with Crippen LogP contribution < -0.4 is 0 Å². The van der Waals surface area contributed by atoms with Gasteiger partial charge in [-0.2, -0.15) is 5.10 Å². The number of halogens is 1. The van der Waals surface area contributed by atoms with Gasteiger partial charge in [0.15, 0.2) is 0 Å². The molecule has 0 atom stereocenters. The predicted octanol–water partition coefficient (Wildman–Crippen LogP) is 2.99. The second kappa shape index (κ2) is 4.89. The molecule has 2 nitrogen and oxygen atoms in total. The van der Waals surface area contributed by atoms with E-state index >= 15 is 0 Å². The Labute approximate surface area is 106 Å². The van der Waals surface area contributed by atoms with Crippen molar-refractivity contribution in [2.75, 3.05) is 0 Å². The monoisotopic (exact) mass is 240 g/mol. The third-order valence-electron chi connectivity index (χ3n) is 2.48. The molecule has 1 heterocycles. The molecule has 0 amide bonds. The van der Waals surface area contributed by atoms with Gasteiger partial charge in [0.05, 0.1) is 0 Å². The van der Waals surface area contributed by atoms with Crippen molar-refractivity contribution in [3.63, 3.8) is 0 Å². The third kappa shape index (κ3) is 2.67. The van der Waals surface area contributed by atoms with Crippen LogP contribution in [0.5, 0.6) is 0 Å². The predicted molar refractivity (Wildman–Crippen MR) is 70.3 cm³/mol. The summed E-state index contributed by atoms with van der Waals surface area (Å²) in [6.45, 7) is 5.50. The van der Waals surface area contributed by atoms with Gasteiger partial charge in [0.25, 0.3) is 0 Å². The topological polar surface area (TPSA) is 17.8 Å². The van der Waals surface area contributed by atoms with Crippen LogP contribution in [-0.4, -0.2) is 9.78 Å². The van der Waals surface area contributed by atoms with Crippen LogP contribution in [0.1, 0.15) is 23.7 Å². The summed E-state index contributed by atoms with van der Waals surface area (Å²) in [5, 5.41) is 4.13. The Morgan fingerprint density at radius 2 is 2.11 bits per heavy atom. The van der Waals surface area contributed by atoms with Crippen LogP contribution in [0, 0.1) is 17.7 Å². The van der Waals surface area contributed by atoms with E-state index in [1.807, 2.05) is 19.3 Å². The summed E-state index contributed by atoms with van der Waals surface area (Å²) in [5.41, 5.74) is 2.53. The molecule has 0 bridgehead atoms. The normalized spacial score (nSPS) is 9.72. The van der Waals surface area contributed by atoms with E-state index in [9.17, 15) is 4.39 Å². The second-order valence-electron chi connectivity index (χ2n) is 4.10. The minimum Gasteiger partial charge on any atom is -0.275 e. The molecule has 0 saturated carbocycles. The lowest BCUT2D eigenvalue weighted by molar-refractivity contribution is 0.623. The van der Waals surface area contributed by atoms with Gasteiger partial charge in [-0.15, -0.1) is 0 Å². The zero-order chi connectivity index (χ0) is 13.1. The first-order valence-corrected chi connectivity index (χ1v) is 5.53. The van der Waals surface area contributed by atoms with E-state index in [-0.39, 0.29) is 5.82 Å². The Kier molecular flexibility index (Phi) is 3.29. The van der Waals surface area contributed by atoms with Crippen molar-refractivity contribution in [1.82, 2.24) is 9.78 Å². The van der Waals surface area contributed by atoms with E-state index in [2.05, 4.69) is 23.5 Å². The molecule has 0 aliphatic rings. The van der Waals surface area contributed by atoms with Crippen LogP contribution in [0.3, 0.4) is 0 Å². The molecule has 0 radical (unpaired) electrons. The molecule has 0 aliphatic carbocycles. The molecule has 0 N–H and O–H groups in total. The van der Waals surface area contributed by atoms with Crippen LogP contribution in [0.2, 0.25) is 0 Å². The molecule has 2 rings (SSSR count). The molecule has 0 saturated heterocycles. The fourth-order valence-electron chi connectivity index (χ4n) is 1.56. The Morgan fingerprint density at radius 1 is 1.33 bits per heavy atom. The molecule has 0 aliphatic heterocycles. The summed E-state index contributed by atoms with van der Waals surface area (Å²) in [4.78, 5) is 0. The summed E-state index contributed by atoms with van der Waals surface area (Å²) in [6, 6.07) is 6.70. The van der Waals surface area contributed by atoms with Crippen molar-refractivity contribution >= 4 is 5.57 Å². The highest BCUT2D eigenvalue weighted by Crippen LogP contribution is 2.17. The lowest BCUT2D eigenvalue weighted by Gasteiger charge is -2.01. The summed E-state index contributed by atoms with van der Waals surface area (Å²) in [6.07, 6.45) is 1.81. The largest absolute Gasteiger partial charge is 0.275 e. The van der Waals surface area contributed by atoms with Gasteiger partial charge in [-0.3, -0.25) is 4.68 Å². The van der Waals surface area contributed by atoms with Crippen LogP contribution >= 0.6 is 0 Å². The van der Waals surface area contributed by atoms with Gasteiger partial charge in [-0.1, -0.05) is 18.6 Å². The van der Waals surface area contributed by atoms with E-state index < -0.39 is 0 Å². The summed E-state index contributed by atoms with van der Waals surface area (Å²) in [5.74, 6) is 5.48. The van der Waals surface area contributed by atoms with Gasteiger partial charge in [0.1, 0.15) is 11.5 Å². The smallest absolute Gasteiger partial charge is 0.135 e. The average Bonchev–Trinajstić information content (AvgIpc) is 2.72. The average molecular weight is 240 g/mol. The molecule has 2 aromatic rings. The fraction of sp³-hybridized carbons (Fsp3) is 0.133. The van der Waals surface area contributed by atoms with Crippen molar-refractivity contribution in [2.24, 2.45) is 7.05 Å². The number of aromatic nitrogens is 2. The molecule has 1 aromatic carbocycles. The first-order chi connectivity index (χ1) is 8.56. The highest BCUT2D eigenvalue weighted by molar-refractivity contribution is 5.62.